The number of nitrogens with zero attached hydrogens (tertiary/aromatic N) is 2. The Kier molecular flexibility index (Phi) is 4.25. The van der Waals surface area contributed by atoms with E-state index >= 15 is 0 Å². The van der Waals surface area contributed by atoms with E-state index in [1.807, 2.05) is 0 Å². The molecule has 0 spiro atoms. The minimum absolute atomic E-state index is 0.124. The summed E-state index contributed by atoms with van der Waals surface area (Å²) in [6.07, 6.45) is 0.911. The molecule has 1 N–H and O–H groups in total. The maximum Gasteiger partial charge on any atom is 0.285 e. The molecule has 0 unspecified atom stereocenters. The van der Waals surface area contributed by atoms with Gasteiger partial charge in [0.2, 0.25) is 5.91 Å². The first-order chi connectivity index (χ1) is 10.3. The number of carbonyl (C=O) groups excluding carboxylic acids is 1. The monoisotopic (exact) mass is 309 g/mol. The van der Waals surface area contributed by atoms with Gasteiger partial charge in [0, 0.05) is 23.9 Å². The molecule has 1 aromatic heterocycles. The Morgan fingerprint density at radius 3 is 2.45 bits per heavy atom. The number of nitrogens with one attached hydrogen (secondary N) is 1. The van der Waals surface area contributed by atoms with Gasteiger partial charge in [-0.05, 0) is 12.1 Å². The number of halogens is 2. The molecule has 0 radical (unpaired) electrons. The van der Waals surface area contributed by atoms with Gasteiger partial charge < -0.3 is 5.32 Å². The molecule has 7 nitrogen and oxygen atoms in total. The zero-order chi connectivity index (χ0) is 16.3. The van der Waals surface area contributed by atoms with Gasteiger partial charge in [-0.15, -0.1) is 0 Å². The highest BCUT2D eigenvalue weighted by Crippen LogP contribution is 2.13. The Morgan fingerprint density at radius 1 is 1.23 bits per heavy atom. The van der Waals surface area contributed by atoms with Gasteiger partial charge >= 0.3 is 0 Å². The molecule has 0 bridgehead atoms. The molecule has 114 valence electrons. The van der Waals surface area contributed by atoms with E-state index in [0.29, 0.717) is 6.07 Å². The van der Waals surface area contributed by atoms with Crippen molar-refractivity contribution in [2.24, 2.45) is 0 Å². The topological polar surface area (TPSA) is 94.2 Å². The molecule has 2 aromatic rings. The predicted molar refractivity (Wildman–Crippen MR) is 72.3 cm³/mol. The van der Waals surface area contributed by atoms with Crippen molar-refractivity contribution >= 4 is 17.3 Å². The number of amides is 1. The van der Waals surface area contributed by atoms with Crippen LogP contribution in [0, 0.1) is 21.7 Å². The van der Waals surface area contributed by atoms with Crippen molar-refractivity contribution < 1.29 is 18.5 Å². The molecule has 0 atom stereocenters. The molecule has 9 heteroatoms. The summed E-state index contributed by atoms with van der Waals surface area (Å²) in [5, 5.41) is 12.8. The van der Waals surface area contributed by atoms with Crippen LogP contribution in [0.3, 0.4) is 0 Å². The normalized spacial score (nSPS) is 10.3. The summed E-state index contributed by atoms with van der Waals surface area (Å²) in [5.74, 6) is -2.50. The number of carbonyl (C=O) groups is 1. The molecule has 0 saturated heterocycles. The van der Waals surface area contributed by atoms with Crippen molar-refractivity contribution in [2.75, 3.05) is 5.32 Å². The summed E-state index contributed by atoms with van der Waals surface area (Å²) in [6, 6.07) is 4.40. The highest BCUT2D eigenvalue weighted by Gasteiger charge is 2.11. The van der Waals surface area contributed by atoms with Crippen LogP contribution in [0.1, 0.15) is 0 Å². The Hall–Kier alpha value is -3.10. The Labute approximate surface area is 122 Å². The van der Waals surface area contributed by atoms with Gasteiger partial charge in [0.15, 0.2) is 0 Å². The first-order valence-corrected chi connectivity index (χ1v) is 5.96. The highest BCUT2D eigenvalue weighted by atomic mass is 19.1. The zero-order valence-electron chi connectivity index (χ0n) is 11.0. The number of aromatic nitrogens is 1. The standard InChI is InChI=1S/C13H9F2N3O4/c14-8-3-9(15)5-10(4-8)16-12(19)7-17-6-11(18(21)22)1-2-13(17)20/h1-6H,7H2,(H,16,19). The largest absolute Gasteiger partial charge is 0.324 e. The van der Waals surface area contributed by atoms with E-state index in [9.17, 15) is 28.5 Å². The summed E-state index contributed by atoms with van der Waals surface area (Å²) in [7, 11) is 0. The third kappa shape index (κ3) is 3.72. The zero-order valence-corrected chi connectivity index (χ0v) is 11.0. The predicted octanol–water partition coefficient (Wildman–Crippen LogP) is 1.67. The summed E-state index contributed by atoms with van der Waals surface area (Å²) < 4.78 is 26.8. The van der Waals surface area contributed by atoms with Crippen molar-refractivity contribution in [3.63, 3.8) is 0 Å². The van der Waals surface area contributed by atoms with Gasteiger partial charge in [-0.1, -0.05) is 0 Å². The minimum Gasteiger partial charge on any atom is -0.324 e. The maximum absolute atomic E-state index is 13.0. The summed E-state index contributed by atoms with van der Waals surface area (Å²) >= 11 is 0. The molecular formula is C13H9F2N3O4. The minimum atomic E-state index is -0.872. The van der Waals surface area contributed by atoms with Crippen molar-refractivity contribution in [1.82, 2.24) is 4.57 Å². The number of benzene rings is 1. The van der Waals surface area contributed by atoms with Crippen molar-refractivity contribution in [2.45, 2.75) is 6.54 Å². The van der Waals surface area contributed by atoms with Crippen LogP contribution in [-0.2, 0) is 11.3 Å². The molecule has 1 amide bonds. The third-order valence-corrected chi connectivity index (χ3v) is 2.64. The van der Waals surface area contributed by atoms with Gasteiger partial charge in [-0.25, -0.2) is 8.78 Å². The molecular weight excluding hydrogens is 300 g/mol. The molecule has 0 saturated carbocycles. The summed E-state index contributed by atoms with van der Waals surface area (Å²) in [5.41, 5.74) is -1.10. The summed E-state index contributed by atoms with van der Waals surface area (Å²) in [4.78, 5) is 33.2. The van der Waals surface area contributed by atoms with Crippen LogP contribution in [0.15, 0.2) is 41.3 Å². The fraction of sp³-hybridized carbons (Fsp3) is 0.0769. The van der Waals surface area contributed by atoms with Gasteiger partial charge in [-0.3, -0.25) is 24.3 Å². The van der Waals surface area contributed by atoms with Crippen LogP contribution in [-0.4, -0.2) is 15.4 Å². The number of hydrogen-bond donors (Lipinski definition) is 1. The highest BCUT2D eigenvalue weighted by molar-refractivity contribution is 5.90. The fourth-order valence-corrected chi connectivity index (χ4v) is 1.73. The lowest BCUT2D eigenvalue weighted by atomic mass is 10.3. The average molecular weight is 309 g/mol. The van der Waals surface area contributed by atoms with E-state index in [1.54, 1.807) is 0 Å². The summed E-state index contributed by atoms with van der Waals surface area (Å²) in [6.45, 7) is -0.529. The second kappa shape index (κ2) is 6.12. The third-order valence-electron chi connectivity index (χ3n) is 2.64. The van der Waals surface area contributed by atoms with E-state index in [0.717, 1.165) is 35.0 Å². The molecule has 1 aromatic carbocycles. The van der Waals surface area contributed by atoms with Gasteiger partial charge in [-0.2, -0.15) is 0 Å². The first-order valence-electron chi connectivity index (χ1n) is 5.96. The van der Waals surface area contributed by atoms with Gasteiger partial charge in [0.05, 0.1) is 11.1 Å². The number of pyridine rings is 1. The van der Waals surface area contributed by atoms with E-state index in [4.69, 9.17) is 0 Å². The second-order valence-corrected chi connectivity index (χ2v) is 4.32. The Balaban J connectivity index is 2.17. The van der Waals surface area contributed by atoms with E-state index < -0.39 is 34.6 Å². The number of rotatable bonds is 4. The lowest BCUT2D eigenvalue weighted by Gasteiger charge is -2.07. The van der Waals surface area contributed by atoms with Crippen LogP contribution < -0.4 is 10.9 Å². The van der Waals surface area contributed by atoms with Crippen LogP contribution in [0.2, 0.25) is 0 Å². The lowest BCUT2D eigenvalue weighted by Crippen LogP contribution is -2.27. The van der Waals surface area contributed by atoms with Crippen LogP contribution in [0.25, 0.3) is 0 Å². The molecule has 0 aliphatic rings. The van der Waals surface area contributed by atoms with Crippen LogP contribution in [0.4, 0.5) is 20.2 Å². The number of nitro groups is 1. The molecule has 0 aliphatic heterocycles. The SMILES string of the molecule is O=C(Cn1cc([N+](=O)[O-])ccc1=O)Nc1cc(F)cc(F)c1. The van der Waals surface area contributed by atoms with E-state index in [2.05, 4.69) is 5.32 Å². The number of anilines is 1. The Morgan fingerprint density at radius 2 is 1.86 bits per heavy atom. The number of hydrogen-bond acceptors (Lipinski definition) is 4. The lowest BCUT2D eigenvalue weighted by molar-refractivity contribution is -0.385. The van der Waals surface area contributed by atoms with E-state index in [1.165, 1.54) is 0 Å². The van der Waals surface area contributed by atoms with Crippen molar-refractivity contribution in [3.05, 3.63) is 68.6 Å². The molecule has 1 heterocycles. The molecule has 0 fully saturated rings. The van der Waals surface area contributed by atoms with Crippen LogP contribution in [0.5, 0.6) is 0 Å². The van der Waals surface area contributed by atoms with Crippen LogP contribution >= 0.6 is 0 Å². The quantitative estimate of drug-likeness (QED) is 0.686. The van der Waals surface area contributed by atoms with E-state index in [-0.39, 0.29) is 11.4 Å². The molecule has 0 aliphatic carbocycles. The fourth-order valence-electron chi connectivity index (χ4n) is 1.73. The van der Waals surface area contributed by atoms with Crippen molar-refractivity contribution in [1.29, 1.82) is 0 Å². The van der Waals surface area contributed by atoms with Gasteiger partial charge in [0.1, 0.15) is 18.2 Å². The Bertz CT molecular complexity index is 784. The molecule has 2 rings (SSSR count). The van der Waals surface area contributed by atoms with Crippen molar-refractivity contribution in [3.8, 4) is 0 Å². The maximum atomic E-state index is 13.0. The first kappa shape index (κ1) is 15.3. The van der Waals surface area contributed by atoms with Gasteiger partial charge in [0.25, 0.3) is 11.2 Å². The average Bonchev–Trinajstić information content (AvgIpc) is 2.39. The molecule has 22 heavy (non-hydrogen) atoms. The second-order valence-electron chi connectivity index (χ2n) is 4.32. The smallest absolute Gasteiger partial charge is 0.285 e.